The molecule has 2 heterocycles. The molecule has 0 aromatic heterocycles. The molecule has 1 atom stereocenters. The van der Waals surface area contributed by atoms with Crippen molar-refractivity contribution in [1.29, 1.82) is 0 Å². The van der Waals surface area contributed by atoms with Crippen molar-refractivity contribution in [3.05, 3.63) is 0 Å². The minimum absolute atomic E-state index is 0.774. The molecule has 1 N–H and O–H groups in total. The molecule has 2 aliphatic rings. The quantitative estimate of drug-likeness (QED) is 0.698. The van der Waals surface area contributed by atoms with Crippen LogP contribution >= 0.6 is 0 Å². The normalized spacial score (nSPS) is 26.5. The van der Waals surface area contributed by atoms with Gasteiger partial charge >= 0.3 is 0 Å². The smallest absolute Gasteiger partial charge is 0.0235 e. The van der Waals surface area contributed by atoms with Gasteiger partial charge in [0.25, 0.3) is 0 Å². The summed E-state index contributed by atoms with van der Waals surface area (Å²) in [7, 11) is 0. The Morgan fingerprint density at radius 1 is 1.17 bits per heavy atom. The predicted molar refractivity (Wildman–Crippen MR) is 78.0 cm³/mol. The van der Waals surface area contributed by atoms with Crippen LogP contribution in [0.15, 0.2) is 0 Å². The maximum Gasteiger partial charge on any atom is 0.0235 e. The highest BCUT2D eigenvalue weighted by molar-refractivity contribution is 4.85. The number of nitrogens with zero attached hydrogens (tertiary/aromatic N) is 2. The van der Waals surface area contributed by atoms with Gasteiger partial charge in [0.1, 0.15) is 0 Å². The third-order valence-electron chi connectivity index (χ3n) is 4.29. The summed E-state index contributed by atoms with van der Waals surface area (Å²) in [6.07, 6.45) is 5.56. The van der Waals surface area contributed by atoms with Crippen LogP contribution in [0.1, 0.15) is 39.5 Å². The van der Waals surface area contributed by atoms with E-state index in [2.05, 4.69) is 29.0 Å². The van der Waals surface area contributed by atoms with E-state index in [-0.39, 0.29) is 0 Å². The molecule has 0 aromatic rings. The van der Waals surface area contributed by atoms with Gasteiger partial charge in [-0.2, -0.15) is 0 Å². The summed E-state index contributed by atoms with van der Waals surface area (Å²) >= 11 is 0. The average molecular weight is 253 g/mol. The van der Waals surface area contributed by atoms with Crippen LogP contribution in [0.25, 0.3) is 0 Å². The summed E-state index contributed by atoms with van der Waals surface area (Å²) in [6, 6.07) is 0.871. The van der Waals surface area contributed by atoms with Gasteiger partial charge in [0.15, 0.2) is 0 Å². The lowest BCUT2D eigenvalue weighted by molar-refractivity contribution is 0.231. The van der Waals surface area contributed by atoms with E-state index in [4.69, 9.17) is 0 Å². The summed E-state index contributed by atoms with van der Waals surface area (Å²) in [4.78, 5) is 5.39. The molecule has 3 nitrogen and oxygen atoms in total. The standard InChI is InChI=1S/C15H31N3/c1-14(2)12-16-7-5-8-17-11-6-15(13-17)18-9-3-4-10-18/h14-16H,3-13H2,1-2H3. The van der Waals surface area contributed by atoms with Crippen molar-refractivity contribution in [3.8, 4) is 0 Å². The minimum atomic E-state index is 0.774. The van der Waals surface area contributed by atoms with Crippen LogP contribution in [0.5, 0.6) is 0 Å². The Morgan fingerprint density at radius 3 is 2.67 bits per heavy atom. The zero-order valence-electron chi connectivity index (χ0n) is 12.3. The first-order valence-corrected chi connectivity index (χ1v) is 7.93. The van der Waals surface area contributed by atoms with Crippen LogP contribution < -0.4 is 5.32 Å². The molecule has 1 unspecified atom stereocenters. The Bertz CT molecular complexity index is 224. The molecule has 3 heteroatoms. The Balaban J connectivity index is 1.52. The fourth-order valence-corrected chi connectivity index (χ4v) is 3.24. The molecular formula is C15H31N3. The molecule has 0 spiro atoms. The molecule has 0 aliphatic carbocycles. The van der Waals surface area contributed by atoms with Crippen LogP contribution in [0, 0.1) is 5.92 Å². The lowest BCUT2D eigenvalue weighted by atomic mass is 10.2. The van der Waals surface area contributed by atoms with Crippen LogP contribution in [0.3, 0.4) is 0 Å². The Morgan fingerprint density at radius 2 is 1.94 bits per heavy atom. The summed E-state index contributed by atoms with van der Waals surface area (Å²) < 4.78 is 0. The SMILES string of the molecule is CC(C)CNCCCN1CCC(N2CCCC2)C1. The van der Waals surface area contributed by atoms with Crippen molar-refractivity contribution < 1.29 is 0 Å². The topological polar surface area (TPSA) is 18.5 Å². The van der Waals surface area contributed by atoms with E-state index in [0.29, 0.717) is 0 Å². The van der Waals surface area contributed by atoms with Gasteiger partial charge in [0, 0.05) is 12.6 Å². The fourth-order valence-electron chi connectivity index (χ4n) is 3.24. The Kier molecular flexibility index (Phi) is 5.93. The molecule has 0 amide bonds. The molecule has 0 bridgehead atoms. The van der Waals surface area contributed by atoms with Crippen molar-refractivity contribution in [2.24, 2.45) is 5.92 Å². The largest absolute Gasteiger partial charge is 0.316 e. The fraction of sp³-hybridized carbons (Fsp3) is 1.00. The van der Waals surface area contributed by atoms with Crippen LogP contribution in [0.4, 0.5) is 0 Å². The van der Waals surface area contributed by atoms with E-state index in [1.54, 1.807) is 0 Å². The van der Waals surface area contributed by atoms with Gasteiger partial charge in [-0.25, -0.2) is 0 Å². The monoisotopic (exact) mass is 253 g/mol. The van der Waals surface area contributed by atoms with Gasteiger partial charge in [0.2, 0.25) is 0 Å². The third-order valence-corrected chi connectivity index (χ3v) is 4.29. The third kappa shape index (κ3) is 4.52. The van der Waals surface area contributed by atoms with Crippen LogP contribution in [0.2, 0.25) is 0 Å². The average Bonchev–Trinajstić information content (AvgIpc) is 2.98. The second-order valence-corrected chi connectivity index (χ2v) is 6.44. The lowest BCUT2D eigenvalue weighted by Gasteiger charge is -2.23. The molecule has 106 valence electrons. The van der Waals surface area contributed by atoms with E-state index in [1.165, 1.54) is 65.0 Å². The van der Waals surface area contributed by atoms with E-state index in [9.17, 15) is 0 Å². The molecule has 2 saturated heterocycles. The molecule has 0 aromatic carbocycles. The minimum Gasteiger partial charge on any atom is -0.316 e. The molecule has 0 radical (unpaired) electrons. The molecule has 18 heavy (non-hydrogen) atoms. The van der Waals surface area contributed by atoms with E-state index >= 15 is 0 Å². The maximum atomic E-state index is 3.54. The Hall–Kier alpha value is -0.120. The summed E-state index contributed by atoms with van der Waals surface area (Å²) in [6.45, 7) is 13.5. The zero-order chi connectivity index (χ0) is 12.8. The lowest BCUT2D eigenvalue weighted by Crippen LogP contribution is -2.35. The van der Waals surface area contributed by atoms with Crippen molar-refractivity contribution in [2.45, 2.75) is 45.6 Å². The highest BCUT2D eigenvalue weighted by Crippen LogP contribution is 2.20. The first kappa shape index (κ1) is 14.3. The van der Waals surface area contributed by atoms with E-state index in [1.807, 2.05) is 0 Å². The summed E-state index contributed by atoms with van der Waals surface area (Å²) in [5.41, 5.74) is 0. The van der Waals surface area contributed by atoms with Gasteiger partial charge in [-0.1, -0.05) is 13.8 Å². The highest BCUT2D eigenvalue weighted by Gasteiger charge is 2.28. The molecule has 2 rings (SSSR count). The molecule has 0 saturated carbocycles. The van der Waals surface area contributed by atoms with E-state index < -0.39 is 0 Å². The number of rotatable bonds is 7. The second-order valence-electron chi connectivity index (χ2n) is 6.44. The van der Waals surface area contributed by atoms with Crippen molar-refractivity contribution in [2.75, 3.05) is 45.8 Å². The number of nitrogens with one attached hydrogen (secondary N) is 1. The first-order chi connectivity index (χ1) is 8.75. The highest BCUT2D eigenvalue weighted by atomic mass is 15.3. The van der Waals surface area contributed by atoms with Gasteiger partial charge in [0.05, 0.1) is 0 Å². The number of likely N-dealkylation sites (tertiary alicyclic amines) is 2. The second kappa shape index (κ2) is 7.46. The predicted octanol–water partition coefficient (Wildman–Crippen LogP) is 1.79. The van der Waals surface area contributed by atoms with Gasteiger partial charge in [-0.05, 0) is 70.9 Å². The van der Waals surface area contributed by atoms with Gasteiger partial charge < -0.3 is 10.2 Å². The van der Waals surface area contributed by atoms with Crippen molar-refractivity contribution in [3.63, 3.8) is 0 Å². The van der Waals surface area contributed by atoms with Crippen molar-refractivity contribution >= 4 is 0 Å². The molecular weight excluding hydrogens is 222 g/mol. The first-order valence-electron chi connectivity index (χ1n) is 7.93. The Labute approximate surface area is 113 Å². The van der Waals surface area contributed by atoms with E-state index in [0.717, 1.165) is 18.5 Å². The number of hydrogen-bond acceptors (Lipinski definition) is 3. The molecule has 2 aliphatic heterocycles. The number of hydrogen-bond donors (Lipinski definition) is 1. The molecule has 2 fully saturated rings. The van der Waals surface area contributed by atoms with Gasteiger partial charge in [-0.3, -0.25) is 4.90 Å². The summed E-state index contributed by atoms with van der Waals surface area (Å²) in [5, 5.41) is 3.54. The maximum absolute atomic E-state index is 3.54. The van der Waals surface area contributed by atoms with Crippen LogP contribution in [-0.4, -0.2) is 61.7 Å². The van der Waals surface area contributed by atoms with Gasteiger partial charge in [-0.15, -0.1) is 0 Å². The van der Waals surface area contributed by atoms with Crippen LogP contribution in [-0.2, 0) is 0 Å². The zero-order valence-corrected chi connectivity index (χ0v) is 12.3. The van der Waals surface area contributed by atoms with Crippen molar-refractivity contribution in [1.82, 2.24) is 15.1 Å². The summed E-state index contributed by atoms with van der Waals surface area (Å²) in [5.74, 6) is 0.774.